The Hall–Kier alpha value is -0.820. The van der Waals surface area contributed by atoms with E-state index >= 15 is 0 Å². The van der Waals surface area contributed by atoms with Crippen LogP contribution in [0.15, 0.2) is 24.3 Å². The first-order valence-electron chi connectivity index (χ1n) is 8.94. The van der Waals surface area contributed by atoms with Crippen LogP contribution in [0.1, 0.15) is 83.3 Å². The molecule has 1 atom stereocenters. The summed E-state index contributed by atoms with van der Waals surface area (Å²) in [5.74, 6) is 0. The van der Waals surface area contributed by atoms with E-state index in [9.17, 15) is 0 Å². The fraction of sp³-hybridized carbons (Fsp3) is 0.700. The molecule has 0 radical (unpaired) electrons. The molecule has 0 heterocycles. The monoisotopic (exact) mass is 289 g/mol. The van der Waals surface area contributed by atoms with E-state index in [0.717, 1.165) is 19.3 Å². The van der Waals surface area contributed by atoms with Crippen molar-refractivity contribution >= 4 is 0 Å². The molecule has 21 heavy (non-hydrogen) atoms. The van der Waals surface area contributed by atoms with Crippen molar-refractivity contribution < 1.29 is 0 Å². The Morgan fingerprint density at radius 1 is 0.810 bits per heavy atom. The van der Waals surface area contributed by atoms with Crippen molar-refractivity contribution in [2.45, 2.75) is 90.5 Å². The number of hydrogen-bond donors (Lipinski definition) is 1. The molecule has 0 aliphatic heterocycles. The average Bonchev–Trinajstić information content (AvgIpc) is 2.50. The molecule has 1 heteroatoms. The van der Waals surface area contributed by atoms with Crippen molar-refractivity contribution in [1.82, 2.24) is 0 Å². The van der Waals surface area contributed by atoms with Crippen LogP contribution in [0.3, 0.4) is 0 Å². The highest BCUT2D eigenvalue weighted by atomic mass is 14.7. The minimum absolute atomic E-state index is 0.0167. The lowest BCUT2D eigenvalue weighted by molar-refractivity contribution is 0.418. The van der Waals surface area contributed by atoms with E-state index in [4.69, 9.17) is 5.73 Å². The molecular weight excluding hydrogens is 254 g/mol. The predicted octanol–water partition coefficient (Wildman–Crippen LogP) is 5.65. The van der Waals surface area contributed by atoms with Gasteiger partial charge >= 0.3 is 0 Å². The summed E-state index contributed by atoms with van der Waals surface area (Å²) in [4.78, 5) is 0. The van der Waals surface area contributed by atoms with Gasteiger partial charge in [0.1, 0.15) is 0 Å². The first kappa shape index (κ1) is 18.2. The van der Waals surface area contributed by atoms with Crippen LogP contribution in [-0.4, -0.2) is 5.54 Å². The summed E-state index contributed by atoms with van der Waals surface area (Å²) in [6.07, 6.45) is 12.7. The highest BCUT2D eigenvalue weighted by molar-refractivity contribution is 5.23. The van der Waals surface area contributed by atoms with Gasteiger partial charge in [0.05, 0.1) is 0 Å². The zero-order valence-corrected chi connectivity index (χ0v) is 14.5. The van der Waals surface area contributed by atoms with Crippen molar-refractivity contribution in [2.75, 3.05) is 0 Å². The molecule has 2 N–H and O–H groups in total. The van der Waals surface area contributed by atoms with Crippen molar-refractivity contribution in [3.05, 3.63) is 35.4 Å². The number of hydrogen-bond acceptors (Lipinski definition) is 1. The molecule has 0 aromatic heterocycles. The molecule has 0 fully saturated rings. The fourth-order valence-electron chi connectivity index (χ4n) is 2.59. The van der Waals surface area contributed by atoms with Gasteiger partial charge in [-0.1, -0.05) is 70.2 Å². The molecule has 120 valence electrons. The van der Waals surface area contributed by atoms with Gasteiger partial charge in [-0.2, -0.15) is 0 Å². The average molecular weight is 290 g/mol. The Morgan fingerprint density at radius 3 is 1.90 bits per heavy atom. The largest absolute Gasteiger partial charge is 0.325 e. The van der Waals surface area contributed by atoms with Crippen LogP contribution >= 0.6 is 0 Å². The van der Waals surface area contributed by atoms with E-state index in [2.05, 4.69) is 45.0 Å². The Bertz CT molecular complexity index is 364. The molecule has 0 aliphatic rings. The van der Waals surface area contributed by atoms with E-state index in [1.165, 1.54) is 56.1 Å². The van der Waals surface area contributed by atoms with E-state index in [0.29, 0.717) is 0 Å². The standard InChI is InChI=1S/C20H35N/c1-4-6-7-8-9-10-11-18-12-14-19(15-13-18)16-17-20(3,21)5-2/h12-15H,4-11,16-17,21H2,1-3H3/t20-/m1/s1. The maximum atomic E-state index is 6.21. The fourth-order valence-corrected chi connectivity index (χ4v) is 2.59. The topological polar surface area (TPSA) is 26.0 Å². The summed E-state index contributed by atoms with van der Waals surface area (Å²) >= 11 is 0. The lowest BCUT2D eigenvalue weighted by Crippen LogP contribution is -2.35. The summed E-state index contributed by atoms with van der Waals surface area (Å²) < 4.78 is 0. The lowest BCUT2D eigenvalue weighted by atomic mass is 9.91. The summed E-state index contributed by atoms with van der Waals surface area (Å²) in [5, 5.41) is 0. The second-order valence-corrected chi connectivity index (χ2v) is 6.84. The van der Waals surface area contributed by atoms with Crippen LogP contribution in [0.2, 0.25) is 0 Å². The molecule has 1 nitrogen and oxygen atoms in total. The molecule has 0 saturated heterocycles. The molecular formula is C20H35N. The summed E-state index contributed by atoms with van der Waals surface area (Å²) in [7, 11) is 0. The minimum atomic E-state index is -0.0167. The van der Waals surface area contributed by atoms with Crippen molar-refractivity contribution in [1.29, 1.82) is 0 Å². The molecule has 0 aliphatic carbocycles. The maximum absolute atomic E-state index is 6.21. The van der Waals surface area contributed by atoms with Crippen LogP contribution in [0.4, 0.5) is 0 Å². The van der Waals surface area contributed by atoms with Crippen molar-refractivity contribution in [3.63, 3.8) is 0 Å². The third-order valence-corrected chi connectivity index (χ3v) is 4.63. The van der Waals surface area contributed by atoms with Gasteiger partial charge in [0.2, 0.25) is 0 Å². The SMILES string of the molecule is CCCCCCCCc1ccc(CC[C@](C)(N)CC)cc1. The predicted molar refractivity (Wildman–Crippen MR) is 94.7 cm³/mol. The first-order valence-corrected chi connectivity index (χ1v) is 8.94. The van der Waals surface area contributed by atoms with Crippen molar-refractivity contribution in [3.8, 4) is 0 Å². The Balaban J connectivity index is 2.24. The Labute approximate surface area is 132 Å². The van der Waals surface area contributed by atoms with Gasteiger partial charge in [0.25, 0.3) is 0 Å². The third-order valence-electron chi connectivity index (χ3n) is 4.63. The van der Waals surface area contributed by atoms with Crippen molar-refractivity contribution in [2.24, 2.45) is 5.73 Å². The van der Waals surface area contributed by atoms with Gasteiger partial charge in [-0.05, 0) is 50.2 Å². The number of aryl methyl sites for hydroxylation is 2. The van der Waals surface area contributed by atoms with Gasteiger partial charge in [-0.25, -0.2) is 0 Å². The van der Waals surface area contributed by atoms with Crippen LogP contribution in [0.25, 0.3) is 0 Å². The number of nitrogens with two attached hydrogens (primary N) is 1. The van der Waals surface area contributed by atoms with Gasteiger partial charge in [0, 0.05) is 5.54 Å². The quantitative estimate of drug-likeness (QED) is 0.523. The second-order valence-electron chi connectivity index (χ2n) is 6.84. The van der Waals surface area contributed by atoms with Gasteiger partial charge in [-0.3, -0.25) is 0 Å². The molecule has 1 aromatic rings. The normalized spacial score (nSPS) is 14.1. The molecule has 0 amide bonds. The molecule has 1 aromatic carbocycles. The smallest absolute Gasteiger partial charge is 0.0126 e. The number of rotatable bonds is 11. The lowest BCUT2D eigenvalue weighted by Gasteiger charge is -2.22. The zero-order valence-electron chi connectivity index (χ0n) is 14.5. The van der Waals surface area contributed by atoms with Gasteiger partial charge in [-0.15, -0.1) is 0 Å². The first-order chi connectivity index (χ1) is 10.1. The van der Waals surface area contributed by atoms with Crippen LogP contribution in [0, 0.1) is 0 Å². The van der Waals surface area contributed by atoms with E-state index in [1.807, 2.05) is 0 Å². The van der Waals surface area contributed by atoms with Gasteiger partial charge < -0.3 is 5.73 Å². The summed E-state index contributed by atoms with van der Waals surface area (Å²) in [6.45, 7) is 6.60. The van der Waals surface area contributed by atoms with E-state index < -0.39 is 0 Å². The second kappa shape index (κ2) is 10.00. The zero-order chi connectivity index (χ0) is 15.6. The van der Waals surface area contributed by atoms with E-state index in [1.54, 1.807) is 0 Å². The van der Waals surface area contributed by atoms with E-state index in [-0.39, 0.29) is 5.54 Å². The minimum Gasteiger partial charge on any atom is -0.325 e. The highest BCUT2D eigenvalue weighted by Crippen LogP contribution is 2.16. The molecule has 0 saturated carbocycles. The van der Waals surface area contributed by atoms with Crippen LogP contribution in [-0.2, 0) is 12.8 Å². The van der Waals surface area contributed by atoms with Crippen LogP contribution < -0.4 is 5.73 Å². The molecule has 1 rings (SSSR count). The molecule has 0 spiro atoms. The number of unbranched alkanes of at least 4 members (excludes halogenated alkanes) is 5. The van der Waals surface area contributed by atoms with Crippen LogP contribution in [0.5, 0.6) is 0 Å². The molecule has 0 bridgehead atoms. The van der Waals surface area contributed by atoms with Gasteiger partial charge in [0.15, 0.2) is 0 Å². The maximum Gasteiger partial charge on any atom is 0.0126 e. The summed E-state index contributed by atoms with van der Waals surface area (Å²) in [6, 6.07) is 9.19. The third kappa shape index (κ3) is 8.26. The summed E-state index contributed by atoms with van der Waals surface area (Å²) in [5.41, 5.74) is 9.10. The molecule has 0 unspecified atom stereocenters. The Kier molecular flexibility index (Phi) is 8.68. The number of benzene rings is 1. The highest BCUT2D eigenvalue weighted by Gasteiger charge is 2.14. The Morgan fingerprint density at radius 2 is 1.33 bits per heavy atom.